The Morgan fingerprint density at radius 3 is 1.87 bits per heavy atom. The summed E-state index contributed by atoms with van der Waals surface area (Å²) < 4.78 is 26.0. The van der Waals surface area contributed by atoms with Crippen LogP contribution in [-0.4, -0.2) is 35.0 Å². The standard InChI is InChI=1S/C24H28N4O2S/c1-25-24(27-17-19-13-15-22(16-14-19)31(29,30)26-2)28-18-23(20-9-5-3-6-10-20)21-11-7-4-8-12-21/h3-16,23,26H,17-18H2,1-2H3,(H2,25,27,28). The van der Waals surface area contributed by atoms with E-state index in [1.54, 1.807) is 31.3 Å². The van der Waals surface area contributed by atoms with Crippen molar-refractivity contribution in [3.63, 3.8) is 0 Å². The molecule has 7 heteroatoms. The van der Waals surface area contributed by atoms with Gasteiger partial charge in [0.15, 0.2) is 5.96 Å². The molecule has 0 atom stereocenters. The quantitative estimate of drug-likeness (QED) is 0.374. The number of guanidine groups is 1. The summed E-state index contributed by atoms with van der Waals surface area (Å²) >= 11 is 0. The number of nitrogens with zero attached hydrogens (tertiary/aromatic N) is 1. The van der Waals surface area contributed by atoms with E-state index in [0.29, 0.717) is 19.0 Å². The molecule has 0 saturated carbocycles. The molecule has 0 spiro atoms. The summed E-state index contributed by atoms with van der Waals surface area (Å²) in [7, 11) is -0.293. The van der Waals surface area contributed by atoms with Gasteiger partial charge in [-0.3, -0.25) is 4.99 Å². The number of rotatable bonds is 8. The zero-order valence-corrected chi connectivity index (χ0v) is 18.6. The minimum absolute atomic E-state index is 0.187. The summed E-state index contributed by atoms with van der Waals surface area (Å²) in [6, 6.07) is 27.6. The SMILES string of the molecule is CN=C(NCc1ccc(S(=O)(=O)NC)cc1)NCC(c1ccccc1)c1ccccc1. The molecule has 0 unspecified atom stereocenters. The maximum absolute atomic E-state index is 11.9. The van der Waals surface area contributed by atoms with Crippen LogP contribution in [0.4, 0.5) is 0 Å². The first-order chi connectivity index (χ1) is 15.0. The van der Waals surface area contributed by atoms with Crippen molar-refractivity contribution in [2.75, 3.05) is 20.6 Å². The van der Waals surface area contributed by atoms with E-state index in [0.717, 1.165) is 5.56 Å². The van der Waals surface area contributed by atoms with Crippen molar-refractivity contribution in [3.05, 3.63) is 102 Å². The molecule has 31 heavy (non-hydrogen) atoms. The Bertz CT molecular complexity index is 1040. The van der Waals surface area contributed by atoms with E-state index in [1.165, 1.54) is 18.2 Å². The van der Waals surface area contributed by atoms with E-state index in [-0.39, 0.29) is 10.8 Å². The van der Waals surface area contributed by atoms with Crippen LogP contribution in [0.15, 0.2) is 94.8 Å². The van der Waals surface area contributed by atoms with Gasteiger partial charge in [0.2, 0.25) is 10.0 Å². The molecule has 0 aliphatic rings. The topological polar surface area (TPSA) is 82.6 Å². The van der Waals surface area contributed by atoms with Crippen LogP contribution in [0, 0.1) is 0 Å². The van der Waals surface area contributed by atoms with Crippen LogP contribution < -0.4 is 15.4 Å². The molecule has 3 rings (SSSR count). The van der Waals surface area contributed by atoms with Crippen molar-refractivity contribution in [1.29, 1.82) is 0 Å². The molecule has 0 aliphatic heterocycles. The molecule has 0 aromatic heterocycles. The first-order valence-corrected chi connectivity index (χ1v) is 11.6. The number of benzene rings is 3. The van der Waals surface area contributed by atoms with Gasteiger partial charge < -0.3 is 10.6 Å². The maximum Gasteiger partial charge on any atom is 0.240 e. The van der Waals surface area contributed by atoms with Gasteiger partial charge >= 0.3 is 0 Å². The lowest BCUT2D eigenvalue weighted by Crippen LogP contribution is -2.39. The van der Waals surface area contributed by atoms with Crippen molar-refractivity contribution in [2.45, 2.75) is 17.4 Å². The third kappa shape index (κ3) is 6.16. The fourth-order valence-electron chi connectivity index (χ4n) is 3.31. The fraction of sp³-hybridized carbons (Fsp3) is 0.208. The van der Waals surface area contributed by atoms with E-state index >= 15 is 0 Å². The highest BCUT2D eigenvalue weighted by Crippen LogP contribution is 2.23. The minimum Gasteiger partial charge on any atom is -0.355 e. The molecule has 0 saturated heterocycles. The van der Waals surface area contributed by atoms with E-state index < -0.39 is 10.0 Å². The molecule has 0 radical (unpaired) electrons. The van der Waals surface area contributed by atoms with E-state index in [9.17, 15) is 8.42 Å². The van der Waals surface area contributed by atoms with Gasteiger partial charge in [-0.2, -0.15) is 0 Å². The third-order valence-electron chi connectivity index (χ3n) is 5.06. The molecule has 0 aliphatic carbocycles. The fourth-order valence-corrected chi connectivity index (χ4v) is 4.04. The maximum atomic E-state index is 11.9. The average molecular weight is 437 g/mol. The van der Waals surface area contributed by atoms with Gasteiger partial charge in [0, 0.05) is 26.1 Å². The zero-order valence-electron chi connectivity index (χ0n) is 17.7. The number of hydrogen-bond donors (Lipinski definition) is 3. The van der Waals surface area contributed by atoms with Gasteiger partial charge in [0.1, 0.15) is 0 Å². The lowest BCUT2D eigenvalue weighted by Gasteiger charge is -2.20. The van der Waals surface area contributed by atoms with Crippen molar-refractivity contribution >= 4 is 16.0 Å². The first-order valence-electron chi connectivity index (χ1n) is 10.1. The van der Waals surface area contributed by atoms with Crippen LogP contribution in [0.5, 0.6) is 0 Å². The summed E-state index contributed by atoms with van der Waals surface area (Å²) in [6.45, 7) is 1.22. The smallest absolute Gasteiger partial charge is 0.240 e. The molecule has 3 N–H and O–H groups in total. The summed E-state index contributed by atoms with van der Waals surface area (Å²) in [6.07, 6.45) is 0. The second kappa shape index (κ2) is 10.7. The van der Waals surface area contributed by atoms with Gasteiger partial charge in [-0.1, -0.05) is 72.8 Å². The monoisotopic (exact) mass is 436 g/mol. The van der Waals surface area contributed by atoms with Crippen LogP contribution in [0.2, 0.25) is 0 Å². The van der Waals surface area contributed by atoms with Crippen molar-refractivity contribution in [2.24, 2.45) is 4.99 Å². The van der Waals surface area contributed by atoms with Crippen LogP contribution in [-0.2, 0) is 16.6 Å². The second-order valence-electron chi connectivity index (χ2n) is 7.03. The Balaban J connectivity index is 1.64. The summed E-state index contributed by atoms with van der Waals surface area (Å²) in [5, 5.41) is 6.70. The summed E-state index contributed by atoms with van der Waals surface area (Å²) in [4.78, 5) is 4.57. The summed E-state index contributed by atoms with van der Waals surface area (Å²) in [5.74, 6) is 0.871. The molecule has 0 bridgehead atoms. The predicted molar refractivity (Wildman–Crippen MR) is 126 cm³/mol. The highest BCUT2D eigenvalue weighted by Gasteiger charge is 2.14. The lowest BCUT2D eigenvalue weighted by atomic mass is 9.91. The Labute approximate surface area is 184 Å². The normalized spacial score (nSPS) is 12.0. The van der Waals surface area contributed by atoms with E-state index in [2.05, 4.69) is 68.9 Å². The van der Waals surface area contributed by atoms with E-state index in [1.807, 2.05) is 12.1 Å². The molecule has 0 heterocycles. The lowest BCUT2D eigenvalue weighted by molar-refractivity contribution is 0.588. The Hall–Kier alpha value is -3.16. The zero-order chi connectivity index (χ0) is 22.1. The van der Waals surface area contributed by atoms with Crippen LogP contribution in [0.3, 0.4) is 0 Å². The number of hydrogen-bond acceptors (Lipinski definition) is 3. The molecule has 3 aromatic rings. The van der Waals surface area contributed by atoms with Gasteiger partial charge in [-0.05, 0) is 35.9 Å². The molecular formula is C24H28N4O2S. The molecule has 0 amide bonds. The number of sulfonamides is 1. The van der Waals surface area contributed by atoms with Crippen molar-refractivity contribution in [1.82, 2.24) is 15.4 Å². The summed E-state index contributed by atoms with van der Waals surface area (Å²) in [5.41, 5.74) is 3.43. The molecule has 0 fully saturated rings. The Morgan fingerprint density at radius 1 is 0.839 bits per heavy atom. The van der Waals surface area contributed by atoms with Gasteiger partial charge in [-0.25, -0.2) is 13.1 Å². The molecular weight excluding hydrogens is 408 g/mol. The van der Waals surface area contributed by atoms with Gasteiger partial charge in [0.05, 0.1) is 4.90 Å². The molecule has 6 nitrogen and oxygen atoms in total. The predicted octanol–water partition coefficient (Wildman–Crippen LogP) is 3.09. The Morgan fingerprint density at radius 2 is 1.39 bits per heavy atom. The highest BCUT2D eigenvalue weighted by atomic mass is 32.2. The average Bonchev–Trinajstić information content (AvgIpc) is 2.83. The van der Waals surface area contributed by atoms with Crippen LogP contribution in [0.25, 0.3) is 0 Å². The van der Waals surface area contributed by atoms with Gasteiger partial charge in [0.25, 0.3) is 0 Å². The largest absolute Gasteiger partial charge is 0.355 e. The molecule has 3 aromatic carbocycles. The Kier molecular flexibility index (Phi) is 7.81. The third-order valence-corrected chi connectivity index (χ3v) is 6.49. The van der Waals surface area contributed by atoms with Crippen molar-refractivity contribution in [3.8, 4) is 0 Å². The first kappa shape index (κ1) is 22.5. The minimum atomic E-state index is -3.43. The van der Waals surface area contributed by atoms with Crippen molar-refractivity contribution < 1.29 is 8.42 Å². The molecule has 162 valence electrons. The van der Waals surface area contributed by atoms with Crippen LogP contribution >= 0.6 is 0 Å². The highest BCUT2D eigenvalue weighted by molar-refractivity contribution is 7.89. The second-order valence-corrected chi connectivity index (χ2v) is 8.92. The van der Waals surface area contributed by atoms with E-state index in [4.69, 9.17) is 0 Å². The van der Waals surface area contributed by atoms with Gasteiger partial charge in [-0.15, -0.1) is 0 Å². The number of aliphatic imine (C=N–C) groups is 1. The van der Waals surface area contributed by atoms with Crippen LogP contribution in [0.1, 0.15) is 22.6 Å². The number of nitrogens with one attached hydrogen (secondary N) is 3.